The van der Waals surface area contributed by atoms with Gasteiger partial charge in [-0.2, -0.15) is 25.3 Å². The Morgan fingerprint density at radius 1 is 0.702 bits per heavy atom. The standard InChI is InChI=1S/C28H14N2O14S3/c31-23-10-3-1-2-4-11(10)24(32)18-12(23)5-7-15-21(18)29-16-8-6-13-19(22(16)30-15)26(34)14-9-17(45(35,36)37)28(46(38,39)40)27(20(14)25(13)33)44-47(41,42)43/h1-9,21,29H,(H,35,36,37)(H,38,39,40)(H,41,42,43). The van der Waals surface area contributed by atoms with E-state index in [0.29, 0.717) is 0 Å². The van der Waals surface area contributed by atoms with Gasteiger partial charge >= 0.3 is 10.4 Å². The Morgan fingerprint density at radius 2 is 1.34 bits per heavy atom. The molecule has 3 aromatic rings. The van der Waals surface area contributed by atoms with E-state index in [-0.39, 0.29) is 45.4 Å². The molecule has 7 rings (SSSR count). The molecule has 1 unspecified atom stereocenters. The molecular formula is C28H14N2O14S3. The number of Topliss-reactive ketones (excluding diaryl/α,β-unsaturated/α-hetero) is 2. The number of allylic oxidation sites excluding steroid dienone is 2. The summed E-state index contributed by atoms with van der Waals surface area (Å²) in [6.07, 6.45) is 2.78. The second-order valence-electron chi connectivity index (χ2n) is 10.4. The number of aliphatic imine (C=N–C) groups is 1. The zero-order chi connectivity index (χ0) is 34.0. The summed E-state index contributed by atoms with van der Waals surface area (Å²) in [6, 6.07) is 7.78. The number of hydrogen-bond donors (Lipinski definition) is 4. The Bertz CT molecular complexity index is 2560. The minimum atomic E-state index is -5.83. The summed E-state index contributed by atoms with van der Waals surface area (Å²) in [5.74, 6) is -5.17. The van der Waals surface area contributed by atoms with Gasteiger partial charge in [-0.15, -0.1) is 0 Å². The first-order valence-corrected chi connectivity index (χ1v) is 17.2. The quantitative estimate of drug-likeness (QED) is 0.222. The highest BCUT2D eigenvalue weighted by atomic mass is 32.3. The molecule has 4 N–H and O–H groups in total. The molecule has 0 bridgehead atoms. The van der Waals surface area contributed by atoms with Crippen molar-refractivity contribution < 1.29 is 62.3 Å². The van der Waals surface area contributed by atoms with Crippen LogP contribution in [0.2, 0.25) is 0 Å². The Balaban J connectivity index is 1.43. The van der Waals surface area contributed by atoms with Gasteiger partial charge in [-0.05, 0) is 30.4 Å². The molecule has 0 aromatic heterocycles. The SMILES string of the molecule is O=C1C2=C(C(=O)c3ccccc31)C1Nc3ccc4c(c3N=C1C=C2)C(=O)c1cc(S(=O)(=O)O)c(S(=O)(=O)O)c(OS(=O)(=O)O)c1C4=O. The molecule has 0 saturated carbocycles. The first-order valence-electron chi connectivity index (χ1n) is 12.9. The van der Waals surface area contributed by atoms with Gasteiger partial charge < -0.3 is 9.50 Å². The van der Waals surface area contributed by atoms with Crippen LogP contribution in [0.5, 0.6) is 5.75 Å². The lowest BCUT2D eigenvalue weighted by atomic mass is 9.76. The van der Waals surface area contributed by atoms with E-state index in [1.54, 1.807) is 12.1 Å². The minimum Gasteiger partial charge on any atom is -0.371 e. The molecule has 3 aromatic carbocycles. The molecule has 1 atom stereocenters. The van der Waals surface area contributed by atoms with E-state index in [9.17, 15) is 58.1 Å². The van der Waals surface area contributed by atoms with Gasteiger partial charge in [0.15, 0.2) is 33.8 Å². The topological polar surface area (TPSA) is 265 Å². The molecule has 0 saturated heterocycles. The number of ketones is 4. The molecule has 0 amide bonds. The van der Waals surface area contributed by atoms with Crippen LogP contribution in [-0.4, -0.2) is 73.8 Å². The molecule has 19 heteroatoms. The molecule has 1 aliphatic heterocycles. The molecule has 238 valence electrons. The fraction of sp³-hybridized carbons (Fsp3) is 0.0357. The predicted molar refractivity (Wildman–Crippen MR) is 157 cm³/mol. The second kappa shape index (κ2) is 9.67. The molecule has 0 radical (unpaired) electrons. The van der Waals surface area contributed by atoms with Crippen molar-refractivity contribution in [3.63, 3.8) is 0 Å². The van der Waals surface area contributed by atoms with Crippen molar-refractivity contribution in [1.82, 2.24) is 0 Å². The van der Waals surface area contributed by atoms with Crippen molar-refractivity contribution in [1.29, 1.82) is 0 Å². The van der Waals surface area contributed by atoms with Gasteiger partial charge in [0.05, 0.1) is 34.3 Å². The van der Waals surface area contributed by atoms with Crippen molar-refractivity contribution in [2.75, 3.05) is 5.32 Å². The molecule has 16 nitrogen and oxygen atoms in total. The molecule has 0 spiro atoms. The van der Waals surface area contributed by atoms with Crippen LogP contribution in [0, 0.1) is 0 Å². The Hall–Kier alpha value is -5.18. The Labute approximate surface area is 263 Å². The van der Waals surface area contributed by atoms with Gasteiger partial charge in [-0.1, -0.05) is 24.3 Å². The van der Waals surface area contributed by atoms with Gasteiger partial charge in [0.2, 0.25) is 0 Å². The Morgan fingerprint density at radius 3 is 1.96 bits per heavy atom. The number of fused-ring (bicyclic) bond motifs is 7. The average Bonchev–Trinajstić information content (AvgIpc) is 2.98. The van der Waals surface area contributed by atoms with Gasteiger partial charge in [0.1, 0.15) is 4.90 Å². The third-order valence-corrected chi connectivity index (χ3v) is 10.1. The average molecular weight is 699 g/mol. The van der Waals surface area contributed by atoms with E-state index in [1.807, 2.05) is 0 Å². The van der Waals surface area contributed by atoms with E-state index in [2.05, 4.69) is 14.5 Å². The van der Waals surface area contributed by atoms with Crippen LogP contribution in [0.15, 0.2) is 80.5 Å². The van der Waals surface area contributed by atoms with Gasteiger partial charge in [-0.25, -0.2) is 4.99 Å². The van der Waals surface area contributed by atoms with E-state index < -0.39 is 97.6 Å². The highest BCUT2D eigenvalue weighted by Crippen LogP contribution is 2.47. The minimum absolute atomic E-state index is 0.0716. The number of benzene rings is 3. The lowest BCUT2D eigenvalue weighted by molar-refractivity contribution is 0.0975. The van der Waals surface area contributed by atoms with Crippen molar-refractivity contribution in [3.05, 3.63) is 99.1 Å². The van der Waals surface area contributed by atoms with Crippen molar-refractivity contribution >= 4 is 70.9 Å². The number of carbonyl (C=O) groups excluding carboxylic acids is 4. The lowest BCUT2D eigenvalue weighted by Crippen LogP contribution is -2.41. The maximum absolute atomic E-state index is 14.0. The van der Waals surface area contributed by atoms with Gasteiger partial charge in [-0.3, -0.25) is 32.8 Å². The molecular weight excluding hydrogens is 685 g/mol. The molecule has 4 aliphatic rings. The highest BCUT2D eigenvalue weighted by molar-refractivity contribution is 7.89. The molecule has 1 heterocycles. The van der Waals surface area contributed by atoms with E-state index >= 15 is 0 Å². The summed E-state index contributed by atoms with van der Waals surface area (Å²) in [6.45, 7) is 0. The number of nitrogens with zero attached hydrogens (tertiary/aromatic N) is 1. The van der Waals surface area contributed by atoms with Crippen LogP contribution in [0.25, 0.3) is 0 Å². The van der Waals surface area contributed by atoms with Crippen LogP contribution in [0.1, 0.15) is 52.6 Å². The summed E-state index contributed by atoms with van der Waals surface area (Å²) >= 11 is 0. The largest absolute Gasteiger partial charge is 0.446 e. The molecule has 3 aliphatic carbocycles. The summed E-state index contributed by atoms with van der Waals surface area (Å²) in [5.41, 5.74) is -2.58. The van der Waals surface area contributed by atoms with Crippen molar-refractivity contribution in [2.24, 2.45) is 4.99 Å². The summed E-state index contributed by atoms with van der Waals surface area (Å²) < 4.78 is 105. The monoisotopic (exact) mass is 698 g/mol. The van der Waals surface area contributed by atoms with Crippen molar-refractivity contribution in [3.8, 4) is 5.75 Å². The first-order chi connectivity index (χ1) is 21.9. The zero-order valence-electron chi connectivity index (χ0n) is 22.8. The van der Waals surface area contributed by atoms with Crippen molar-refractivity contribution in [2.45, 2.75) is 15.8 Å². The second-order valence-corrected chi connectivity index (χ2v) is 14.2. The number of nitrogens with one attached hydrogen (secondary N) is 1. The van der Waals surface area contributed by atoms with E-state index in [0.717, 1.165) is 6.07 Å². The Kier molecular flexibility index (Phi) is 6.27. The fourth-order valence-electron chi connectivity index (χ4n) is 5.97. The zero-order valence-corrected chi connectivity index (χ0v) is 25.2. The maximum atomic E-state index is 14.0. The highest BCUT2D eigenvalue weighted by Gasteiger charge is 2.45. The number of carbonyl (C=O) groups is 4. The number of anilines is 1. The van der Waals surface area contributed by atoms with Crippen LogP contribution >= 0.6 is 0 Å². The normalized spacial score (nSPS) is 18.3. The summed E-state index contributed by atoms with van der Waals surface area (Å²) in [7, 11) is -17.3. The number of hydrogen-bond acceptors (Lipinski definition) is 13. The van der Waals surface area contributed by atoms with Gasteiger partial charge in [0.25, 0.3) is 20.2 Å². The van der Waals surface area contributed by atoms with E-state index in [1.165, 1.54) is 30.4 Å². The van der Waals surface area contributed by atoms with Crippen LogP contribution in [0.4, 0.5) is 11.4 Å². The van der Waals surface area contributed by atoms with E-state index in [4.69, 9.17) is 0 Å². The van der Waals surface area contributed by atoms with Gasteiger partial charge in [0, 0.05) is 33.4 Å². The smallest absolute Gasteiger partial charge is 0.371 e. The summed E-state index contributed by atoms with van der Waals surface area (Å²) in [5, 5.41) is 3.03. The van der Waals surface area contributed by atoms with Crippen LogP contribution < -0.4 is 9.50 Å². The predicted octanol–water partition coefficient (Wildman–Crippen LogP) is 1.95. The third kappa shape index (κ3) is 4.51. The summed E-state index contributed by atoms with van der Waals surface area (Å²) in [4.78, 5) is 55.3. The fourth-order valence-corrected chi connectivity index (χ4v) is 8.31. The van der Waals surface area contributed by atoms with Crippen LogP contribution in [0.3, 0.4) is 0 Å². The first kappa shape index (κ1) is 30.5. The lowest BCUT2D eigenvalue weighted by Gasteiger charge is -2.34. The van der Waals surface area contributed by atoms with Crippen LogP contribution in [-0.2, 0) is 30.6 Å². The molecule has 0 fully saturated rings. The molecule has 47 heavy (non-hydrogen) atoms. The third-order valence-electron chi connectivity index (χ3n) is 7.79. The number of rotatable bonds is 4. The maximum Gasteiger partial charge on any atom is 0.446 e.